The predicted molar refractivity (Wildman–Crippen MR) is 141 cm³/mol. The van der Waals surface area contributed by atoms with Crippen LogP contribution >= 0.6 is 0 Å². The molecule has 0 saturated carbocycles. The summed E-state index contributed by atoms with van der Waals surface area (Å²) in [5.41, 5.74) is 5.39. The number of sulfonamides is 1. The van der Waals surface area contributed by atoms with Crippen LogP contribution in [0.4, 0.5) is 17.2 Å². The van der Waals surface area contributed by atoms with E-state index in [1.54, 1.807) is 30.3 Å². The molecule has 3 N–H and O–H groups in total. The number of unbranched alkanes of at least 4 members (excludes halogenated alkanes) is 1. The number of H-pyrrole nitrogens is 1. The average Bonchev–Trinajstić information content (AvgIpc) is 2.88. The van der Waals surface area contributed by atoms with E-state index in [-0.39, 0.29) is 35.1 Å². The second kappa shape index (κ2) is 11.3. The Kier molecular flexibility index (Phi) is 8.36. The van der Waals surface area contributed by atoms with Crippen molar-refractivity contribution in [3.63, 3.8) is 0 Å². The first-order valence-electron chi connectivity index (χ1n) is 11.7. The molecule has 2 aromatic carbocycles. The van der Waals surface area contributed by atoms with Gasteiger partial charge in [0.1, 0.15) is 5.82 Å². The molecule has 0 fully saturated rings. The summed E-state index contributed by atoms with van der Waals surface area (Å²) >= 11 is 0. The molecule has 0 bridgehead atoms. The highest BCUT2D eigenvalue weighted by atomic mass is 32.2. The minimum Gasteiger partial charge on any atom is -0.383 e. The molecule has 3 aromatic rings. The normalized spacial score (nSPS) is 11.3. The topological polar surface area (TPSA) is 139 Å². The fourth-order valence-corrected chi connectivity index (χ4v) is 4.97. The van der Waals surface area contributed by atoms with Gasteiger partial charge < -0.3 is 10.6 Å². The largest absolute Gasteiger partial charge is 0.383 e. The van der Waals surface area contributed by atoms with Gasteiger partial charge in [-0.05, 0) is 49.2 Å². The van der Waals surface area contributed by atoms with Gasteiger partial charge >= 0.3 is 5.69 Å². The van der Waals surface area contributed by atoms with Gasteiger partial charge in [-0.2, -0.15) is 0 Å². The van der Waals surface area contributed by atoms with Crippen LogP contribution in [-0.2, 0) is 16.6 Å². The molecule has 10 nitrogen and oxygen atoms in total. The number of anilines is 3. The van der Waals surface area contributed by atoms with Gasteiger partial charge in [0.2, 0.25) is 0 Å². The highest BCUT2D eigenvalue weighted by Gasteiger charge is 2.26. The third-order valence-electron chi connectivity index (χ3n) is 5.79. The number of nitrogens with one attached hydrogen (secondary N) is 1. The number of rotatable bonds is 10. The number of carbonyl (C=O) groups excluding carboxylic acids is 1. The van der Waals surface area contributed by atoms with E-state index in [2.05, 4.69) is 4.98 Å². The SMILES string of the molecule is CCCCN(C(=O)c1ccc(S(=O)(=O)N(C)c2ccccc2)cc1)c1c(N)n(CCC)c(=O)[nH]c1=O. The van der Waals surface area contributed by atoms with Gasteiger partial charge in [-0.3, -0.25) is 23.4 Å². The van der Waals surface area contributed by atoms with Crippen molar-refractivity contribution in [2.45, 2.75) is 44.6 Å². The van der Waals surface area contributed by atoms with Crippen LogP contribution in [0.1, 0.15) is 43.5 Å². The van der Waals surface area contributed by atoms with Gasteiger partial charge in [-0.25, -0.2) is 13.2 Å². The Labute approximate surface area is 210 Å². The number of benzene rings is 2. The molecule has 3 rings (SSSR count). The maximum Gasteiger partial charge on any atom is 0.330 e. The number of hydrogen-bond donors (Lipinski definition) is 2. The number of aromatic nitrogens is 2. The zero-order valence-electron chi connectivity index (χ0n) is 20.6. The monoisotopic (exact) mass is 513 g/mol. The number of para-hydroxylation sites is 1. The molecule has 0 atom stereocenters. The summed E-state index contributed by atoms with van der Waals surface area (Å²) < 4.78 is 28.5. The van der Waals surface area contributed by atoms with Crippen molar-refractivity contribution in [1.82, 2.24) is 9.55 Å². The van der Waals surface area contributed by atoms with Crippen LogP contribution in [0, 0.1) is 0 Å². The molecule has 0 unspecified atom stereocenters. The van der Waals surface area contributed by atoms with E-state index in [1.807, 2.05) is 13.8 Å². The maximum absolute atomic E-state index is 13.5. The molecule has 36 heavy (non-hydrogen) atoms. The lowest BCUT2D eigenvalue weighted by molar-refractivity contribution is 0.0986. The molecule has 0 aliphatic rings. The zero-order valence-corrected chi connectivity index (χ0v) is 21.4. The third kappa shape index (κ3) is 5.35. The Hall–Kier alpha value is -3.86. The second-order valence-corrected chi connectivity index (χ2v) is 10.3. The lowest BCUT2D eigenvalue weighted by Gasteiger charge is -2.25. The van der Waals surface area contributed by atoms with Gasteiger partial charge in [0.15, 0.2) is 5.69 Å². The summed E-state index contributed by atoms with van der Waals surface area (Å²) in [5, 5.41) is 0. The molecule has 1 aromatic heterocycles. The molecular weight excluding hydrogens is 482 g/mol. The molecule has 0 saturated heterocycles. The Morgan fingerprint density at radius 1 is 1.00 bits per heavy atom. The molecule has 0 radical (unpaired) electrons. The minimum absolute atomic E-state index is 0.0133. The Morgan fingerprint density at radius 3 is 2.22 bits per heavy atom. The Morgan fingerprint density at radius 2 is 1.64 bits per heavy atom. The van der Waals surface area contributed by atoms with E-state index in [4.69, 9.17) is 5.73 Å². The van der Waals surface area contributed by atoms with Crippen LogP contribution in [0.2, 0.25) is 0 Å². The van der Waals surface area contributed by atoms with Crippen molar-refractivity contribution in [1.29, 1.82) is 0 Å². The van der Waals surface area contributed by atoms with Gasteiger partial charge in [0, 0.05) is 25.7 Å². The lowest BCUT2D eigenvalue weighted by atomic mass is 10.1. The average molecular weight is 514 g/mol. The van der Waals surface area contributed by atoms with Gasteiger partial charge in [-0.1, -0.05) is 38.5 Å². The van der Waals surface area contributed by atoms with E-state index < -0.39 is 27.2 Å². The van der Waals surface area contributed by atoms with Crippen LogP contribution in [0.25, 0.3) is 0 Å². The summed E-state index contributed by atoms with van der Waals surface area (Å²) in [6.07, 6.45) is 1.94. The minimum atomic E-state index is -3.86. The number of nitrogens with two attached hydrogens (primary N) is 1. The molecule has 1 heterocycles. The van der Waals surface area contributed by atoms with Crippen LogP contribution in [-0.4, -0.2) is 37.5 Å². The van der Waals surface area contributed by atoms with Crippen LogP contribution in [0.15, 0.2) is 69.1 Å². The van der Waals surface area contributed by atoms with Crippen LogP contribution in [0.5, 0.6) is 0 Å². The Bertz CT molecular complexity index is 1430. The highest BCUT2D eigenvalue weighted by molar-refractivity contribution is 7.92. The first kappa shape index (κ1) is 26.7. The summed E-state index contributed by atoms with van der Waals surface area (Å²) in [5.74, 6) is -0.610. The van der Waals surface area contributed by atoms with Crippen LogP contribution < -0.4 is 26.2 Å². The van der Waals surface area contributed by atoms with E-state index in [0.29, 0.717) is 18.5 Å². The molecule has 1 amide bonds. The number of nitrogens with zero attached hydrogens (tertiary/aromatic N) is 3. The summed E-state index contributed by atoms with van der Waals surface area (Å²) in [4.78, 5) is 42.0. The highest BCUT2D eigenvalue weighted by Crippen LogP contribution is 2.24. The van der Waals surface area contributed by atoms with Crippen molar-refractivity contribution in [2.24, 2.45) is 0 Å². The number of aromatic amines is 1. The molecule has 0 aliphatic heterocycles. The van der Waals surface area contributed by atoms with Gasteiger partial charge in [-0.15, -0.1) is 0 Å². The van der Waals surface area contributed by atoms with Crippen molar-refractivity contribution in [3.05, 3.63) is 81.0 Å². The lowest BCUT2D eigenvalue weighted by Crippen LogP contribution is -2.41. The summed E-state index contributed by atoms with van der Waals surface area (Å²) in [6.45, 7) is 4.29. The molecular formula is C25H31N5O5S. The third-order valence-corrected chi connectivity index (χ3v) is 7.59. The maximum atomic E-state index is 13.5. The molecule has 11 heteroatoms. The van der Waals surface area contributed by atoms with Crippen molar-refractivity contribution in [2.75, 3.05) is 28.5 Å². The predicted octanol–water partition coefficient (Wildman–Crippen LogP) is 2.80. The Balaban J connectivity index is 1.99. The quantitative estimate of drug-likeness (QED) is 0.427. The van der Waals surface area contributed by atoms with Crippen molar-refractivity contribution < 1.29 is 13.2 Å². The van der Waals surface area contributed by atoms with Crippen molar-refractivity contribution >= 4 is 33.1 Å². The van der Waals surface area contributed by atoms with Gasteiger partial charge in [0.25, 0.3) is 21.5 Å². The molecule has 0 aliphatic carbocycles. The van der Waals surface area contributed by atoms with Gasteiger partial charge in [0.05, 0.1) is 10.6 Å². The van der Waals surface area contributed by atoms with E-state index in [9.17, 15) is 22.8 Å². The number of carbonyl (C=O) groups is 1. The number of amides is 1. The van der Waals surface area contributed by atoms with E-state index in [0.717, 1.165) is 10.7 Å². The molecule has 192 valence electrons. The second-order valence-electron chi connectivity index (χ2n) is 8.29. The van der Waals surface area contributed by atoms with Crippen molar-refractivity contribution in [3.8, 4) is 0 Å². The summed E-state index contributed by atoms with van der Waals surface area (Å²) in [7, 11) is -2.40. The first-order valence-corrected chi connectivity index (χ1v) is 13.2. The molecule has 0 spiro atoms. The van der Waals surface area contributed by atoms with E-state index in [1.165, 1.54) is 40.8 Å². The zero-order chi connectivity index (χ0) is 26.5. The fourth-order valence-electron chi connectivity index (χ4n) is 3.78. The smallest absolute Gasteiger partial charge is 0.330 e. The first-order chi connectivity index (χ1) is 17.1. The van der Waals surface area contributed by atoms with E-state index >= 15 is 0 Å². The number of nitrogen functional groups attached to an aromatic ring is 1. The van der Waals surface area contributed by atoms with Crippen LogP contribution in [0.3, 0.4) is 0 Å². The number of hydrogen-bond acceptors (Lipinski definition) is 6. The standard InChI is InChI=1S/C25H31N5O5S/c1-4-6-17-29(21-22(26)30(16-5-2)25(33)27-23(21)31)24(32)18-12-14-20(15-13-18)36(34,35)28(3)19-10-8-7-9-11-19/h7-15H,4-6,16-17,26H2,1-3H3,(H,27,31,33). The summed E-state index contributed by atoms with van der Waals surface area (Å²) in [6, 6.07) is 14.1. The fraction of sp³-hybridized carbons (Fsp3) is 0.320.